The smallest absolute Gasteiger partial charge is 0.134 e. The molecule has 2 rings (SSSR count). The molecule has 1 N–H and O–H groups in total. The van der Waals surface area contributed by atoms with Crippen molar-refractivity contribution in [2.75, 3.05) is 0 Å². The third kappa shape index (κ3) is 1.63. The number of furan rings is 1. The molecular weight excluding hydrogens is 200 g/mol. The van der Waals surface area contributed by atoms with Crippen LogP contribution >= 0.6 is 0 Å². The van der Waals surface area contributed by atoms with Crippen molar-refractivity contribution in [3.63, 3.8) is 0 Å². The van der Waals surface area contributed by atoms with Gasteiger partial charge in [-0.3, -0.25) is 0 Å². The Morgan fingerprint density at radius 2 is 1.94 bits per heavy atom. The first-order valence-corrected chi connectivity index (χ1v) is 5.82. The lowest BCUT2D eigenvalue weighted by Crippen LogP contribution is -2.23. The molecule has 0 saturated carbocycles. The molecule has 86 valence electrons. The fraction of sp³-hybridized carbons (Fsp3) is 0.429. The lowest BCUT2D eigenvalue weighted by atomic mass is 9.86. The summed E-state index contributed by atoms with van der Waals surface area (Å²) in [6.07, 6.45) is 1.43. The molecule has 0 bridgehead atoms. The summed E-state index contributed by atoms with van der Waals surface area (Å²) in [5.74, 6) is 0.886. The second-order valence-corrected chi connectivity index (χ2v) is 4.31. The van der Waals surface area contributed by atoms with Crippen LogP contribution in [0.25, 0.3) is 11.0 Å². The third-order valence-corrected chi connectivity index (χ3v) is 3.36. The quantitative estimate of drug-likeness (QED) is 0.851. The Labute approximate surface area is 95.9 Å². The molecule has 0 fully saturated rings. The summed E-state index contributed by atoms with van der Waals surface area (Å²) >= 11 is 0. The van der Waals surface area contributed by atoms with Gasteiger partial charge in [-0.05, 0) is 37.5 Å². The van der Waals surface area contributed by atoms with Gasteiger partial charge < -0.3 is 9.52 Å². The SMILES string of the molecule is CCC(O)(CC)c1cccc2oc(C)cc12. The van der Waals surface area contributed by atoms with Gasteiger partial charge in [0.1, 0.15) is 11.3 Å². The summed E-state index contributed by atoms with van der Waals surface area (Å²) in [4.78, 5) is 0. The van der Waals surface area contributed by atoms with Gasteiger partial charge in [0.25, 0.3) is 0 Å². The van der Waals surface area contributed by atoms with Crippen molar-refractivity contribution in [1.29, 1.82) is 0 Å². The average Bonchev–Trinajstić information content (AvgIpc) is 2.67. The van der Waals surface area contributed by atoms with Gasteiger partial charge in [0.2, 0.25) is 0 Å². The summed E-state index contributed by atoms with van der Waals surface area (Å²) in [6.45, 7) is 5.95. The van der Waals surface area contributed by atoms with E-state index in [1.54, 1.807) is 0 Å². The van der Waals surface area contributed by atoms with Crippen LogP contribution in [0.15, 0.2) is 28.7 Å². The van der Waals surface area contributed by atoms with Gasteiger partial charge in [0.15, 0.2) is 0 Å². The van der Waals surface area contributed by atoms with Crippen LogP contribution in [0.1, 0.15) is 38.0 Å². The van der Waals surface area contributed by atoms with E-state index in [-0.39, 0.29) is 0 Å². The van der Waals surface area contributed by atoms with Crippen molar-refractivity contribution in [2.45, 2.75) is 39.2 Å². The van der Waals surface area contributed by atoms with Crippen LogP contribution in [0.4, 0.5) is 0 Å². The molecule has 1 aromatic carbocycles. The Morgan fingerprint density at radius 3 is 2.56 bits per heavy atom. The Morgan fingerprint density at radius 1 is 1.25 bits per heavy atom. The third-order valence-electron chi connectivity index (χ3n) is 3.36. The molecule has 0 unspecified atom stereocenters. The molecule has 2 nitrogen and oxygen atoms in total. The highest BCUT2D eigenvalue weighted by molar-refractivity contribution is 5.82. The first kappa shape index (κ1) is 11.2. The molecular formula is C14H18O2. The maximum Gasteiger partial charge on any atom is 0.134 e. The zero-order chi connectivity index (χ0) is 11.8. The monoisotopic (exact) mass is 218 g/mol. The lowest BCUT2D eigenvalue weighted by molar-refractivity contribution is 0.0299. The fourth-order valence-electron chi connectivity index (χ4n) is 2.22. The van der Waals surface area contributed by atoms with E-state index < -0.39 is 5.60 Å². The molecule has 1 aromatic heterocycles. The standard InChI is InChI=1S/C14H18O2/c1-4-14(15,5-2)12-7-6-8-13-11(12)9-10(3)16-13/h6-9,15H,4-5H2,1-3H3. The van der Waals surface area contributed by atoms with E-state index in [2.05, 4.69) is 0 Å². The molecule has 0 aliphatic heterocycles. The van der Waals surface area contributed by atoms with Crippen LogP contribution in [0.2, 0.25) is 0 Å². The van der Waals surface area contributed by atoms with Crippen molar-refractivity contribution in [3.05, 3.63) is 35.6 Å². The number of benzene rings is 1. The molecule has 0 spiro atoms. The van der Waals surface area contributed by atoms with Gasteiger partial charge >= 0.3 is 0 Å². The highest BCUT2D eigenvalue weighted by atomic mass is 16.3. The van der Waals surface area contributed by atoms with Gasteiger partial charge in [0.05, 0.1) is 5.60 Å². The summed E-state index contributed by atoms with van der Waals surface area (Å²) in [5.41, 5.74) is 1.10. The van der Waals surface area contributed by atoms with Gasteiger partial charge in [-0.25, -0.2) is 0 Å². The van der Waals surface area contributed by atoms with Crippen LogP contribution in [-0.4, -0.2) is 5.11 Å². The summed E-state index contributed by atoms with van der Waals surface area (Å²) in [7, 11) is 0. The van der Waals surface area contributed by atoms with Crippen LogP contribution in [0.5, 0.6) is 0 Å². The van der Waals surface area contributed by atoms with E-state index in [1.165, 1.54) is 0 Å². The largest absolute Gasteiger partial charge is 0.461 e. The summed E-state index contributed by atoms with van der Waals surface area (Å²) in [6, 6.07) is 7.87. The Kier molecular flexibility index (Phi) is 2.76. The van der Waals surface area contributed by atoms with E-state index in [1.807, 2.05) is 45.0 Å². The summed E-state index contributed by atoms with van der Waals surface area (Å²) < 4.78 is 5.58. The summed E-state index contributed by atoms with van der Waals surface area (Å²) in [5, 5.41) is 11.6. The molecule has 1 heterocycles. The average molecular weight is 218 g/mol. The number of rotatable bonds is 3. The lowest BCUT2D eigenvalue weighted by Gasteiger charge is -2.26. The molecule has 16 heavy (non-hydrogen) atoms. The van der Waals surface area contributed by atoms with Crippen LogP contribution in [-0.2, 0) is 5.60 Å². The normalized spacial score (nSPS) is 12.2. The zero-order valence-corrected chi connectivity index (χ0v) is 10.1. The second kappa shape index (κ2) is 3.95. The molecule has 2 aromatic rings. The van der Waals surface area contributed by atoms with Crippen molar-refractivity contribution in [1.82, 2.24) is 0 Å². The van der Waals surface area contributed by atoms with Crippen molar-refractivity contribution in [2.24, 2.45) is 0 Å². The molecule has 0 aliphatic rings. The van der Waals surface area contributed by atoms with Crippen LogP contribution in [0, 0.1) is 6.92 Å². The maximum absolute atomic E-state index is 10.6. The minimum Gasteiger partial charge on any atom is -0.461 e. The Hall–Kier alpha value is -1.28. The number of hydrogen-bond donors (Lipinski definition) is 1. The molecule has 0 aliphatic carbocycles. The van der Waals surface area contributed by atoms with E-state index in [9.17, 15) is 5.11 Å². The molecule has 0 amide bonds. The van der Waals surface area contributed by atoms with Crippen molar-refractivity contribution < 1.29 is 9.52 Å². The molecule has 0 atom stereocenters. The highest BCUT2D eigenvalue weighted by Crippen LogP contribution is 2.35. The predicted molar refractivity (Wildman–Crippen MR) is 65.4 cm³/mol. The van der Waals surface area contributed by atoms with Gasteiger partial charge in [-0.2, -0.15) is 0 Å². The van der Waals surface area contributed by atoms with E-state index >= 15 is 0 Å². The minimum atomic E-state index is -0.740. The molecule has 0 radical (unpaired) electrons. The predicted octanol–water partition coefficient (Wildman–Crippen LogP) is 3.75. The first-order chi connectivity index (χ1) is 7.60. The Bertz CT molecular complexity index is 492. The first-order valence-electron chi connectivity index (χ1n) is 5.82. The van der Waals surface area contributed by atoms with Crippen molar-refractivity contribution >= 4 is 11.0 Å². The second-order valence-electron chi connectivity index (χ2n) is 4.31. The zero-order valence-electron chi connectivity index (χ0n) is 10.1. The number of fused-ring (bicyclic) bond motifs is 1. The van der Waals surface area contributed by atoms with Crippen LogP contribution in [0.3, 0.4) is 0 Å². The topological polar surface area (TPSA) is 33.4 Å². The van der Waals surface area contributed by atoms with Gasteiger partial charge in [-0.1, -0.05) is 26.0 Å². The highest BCUT2D eigenvalue weighted by Gasteiger charge is 2.27. The maximum atomic E-state index is 10.6. The van der Waals surface area contributed by atoms with E-state index in [0.29, 0.717) is 12.8 Å². The van der Waals surface area contributed by atoms with Gasteiger partial charge in [0, 0.05) is 5.39 Å². The number of aryl methyl sites for hydroxylation is 1. The molecule has 2 heteroatoms. The van der Waals surface area contributed by atoms with Gasteiger partial charge in [-0.15, -0.1) is 0 Å². The minimum absolute atomic E-state index is 0.715. The van der Waals surface area contributed by atoms with Crippen molar-refractivity contribution in [3.8, 4) is 0 Å². The number of aliphatic hydroxyl groups is 1. The van der Waals surface area contributed by atoms with E-state index in [4.69, 9.17) is 4.42 Å². The van der Waals surface area contributed by atoms with Crippen LogP contribution < -0.4 is 0 Å². The number of hydrogen-bond acceptors (Lipinski definition) is 2. The van der Waals surface area contributed by atoms with E-state index in [0.717, 1.165) is 22.3 Å². The Balaban J connectivity index is 2.68. The molecule has 0 saturated heterocycles. The fourth-order valence-corrected chi connectivity index (χ4v) is 2.22.